The monoisotopic (exact) mass is 265 g/mol. The smallest absolute Gasteiger partial charge is 0.159 e. The Labute approximate surface area is 116 Å². The van der Waals surface area contributed by atoms with Gasteiger partial charge in [0.15, 0.2) is 5.82 Å². The van der Waals surface area contributed by atoms with Gasteiger partial charge in [0, 0.05) is 12.0 Å². The predicted molar refractivity (Wildman–Crippen MR) is 75.8 cm³/mol. The molecule has 0 spiro atoms. The van der Waals surface area contributed by atoms with Crippen LogP contribution in [0.3, 0.4) is 0 Å². The van der Waals surface area contributed by atoms with Gasteiger partial charge in [-0.3, -0.25) is 0 Å². The van der Waals surface area contributed by atoms with Crippen molar-refractivity contribution in [2.24, 2.45) is 5.92 Å². The third-order valence-electron chi connectivity index (χ3n) is 4.11. The molecule has 0 aromatic carbocycles. The van der Waals surface area contributed by atoms with E-state index in [9.17, 15) is 5.11 Å². The molecule has 1 aromatic heterocycles. The summed E-state index contributed by atoms with van der Waals surface area (Å²) in [5.41, 5.74) is -0.0660. The third kappa shape index (κ3) is 3.56. The number of nitrogens with zero attached hydrogens (tertiary/aromatic N) is 3. The van der Waals surface area contributed by atoms with Crippen molar-refractivity contribution in [1.82, 2.24) is 14.8 Å². The Bertz CT molecular complexity index is 400. The zero-order valence-corrected chi connectivity index (χ0v) is 12.5. The summed E-state index contributed by atoms with van der Waals surface area (Å²) in [6.45, 7) is 6.38. The average Bonchev–Trinajstić information content (AvgIpc) is 2.80. The lowest BCUT2D eigenvalue weighted by Crippen LogP contribution is -2.26. The van der Waals surface area contributed by atoms with Crippen LogP contribution in [0.15, 0.2) is 0 Å². The highest BCUT2D eigenvalue weighted by Crippen LogP contribution is 2.28. The molecule has 0 saturated heterocycles. The van der Waals surface area contributed by atoms with E-state index >= 15 is 0 Å². The van der Waals surface area contributed by atoms with Gasteiger partial charge < -0.3 is 9.67 Å². The van der Waals surface area contributed by atoms with E-state index in [1.54, 1.807) is 0 Å². The van der Waals surface area contributed by atoms with Crippen LogP contribution in [-0.4, -0.2) is 19.9 Å². The van der Waals surface area contributed by atoms with Crippen molar-refractivity contribution in [3.8, 4) is 0 Å². The third-order valence-corrected chi connectivity index (χ3v) is 4.11. The maximum Gasteiger partial charge on any atom is 0.159 e. The predicted octanol–water partition coefficient (Wildman–Crippen LogP) is 3.04. The molecule has 1 saturated carbocycles. The highest BCUT2D eigenvalue weighted by molar-refractivity contribution is 5.01. The van der Waals surface area contributed by atoms with E-state index in [0.29, 0.717) is 5.82 Å². The van der Waals surface area contributed by atoms with Crippen LogP contribution in [-0.2, 0) is 18.6 Å². The van der Waals surface area contributed by atoms with Crippen LogP contribution in [0.2, 0.25) is 0 Å². The Morgan fingerprint density at radius 2 is 1.74 bits per heavy atom. The standard InChI is InChI=1S/C15H27N3O/c1-15(2,3)18-13(16-17-14(18)11-19)10-9-12-7-5-4-6-8-12/h12,19H,4-11H2,1-3H3. The summed E-state index contributed by atoms with van der Waals surface area (Å²) in [5.74, 6) is 2.57. The Morgan fingerprint density at radius 3 is 2.32 bits per heavy atom. The topological polar surface area (TPSA) is 50.9 Å². The minimum atomic E-state index is -0.0660. The van der Waals surface area contributed by atoms with E-state index in [0.717, 1.165) is 18.2 Å². The van der Waals surface area contributed by atoms with Crippen molar-refractivity contribution in [1.29, 1.82) is 0 Å². The summed E-state index contributed by atoms with van der Waals surface area (Å²) < 4.78 is 2.11. The Morgan fingerprint density at radius 1 is 1.11 bits per heavy atom. The van der Waals surface area contributed by atoms with Crippen LogP contribution in [0.1, 0.15) is 70.9 Å². The van der Waals surface area contributed by atoms with Gasteiger partial charge in [-0.2, -0.15) is 0 Å². The van der Waals surface area contributed by atoms with Crippen LogP contribution >= 0.6 is 0 Å². The summed E-state index contributed by atoms with van der Waals surface area (Å²) in [6, 6.07) is 0. The molecule has 1 aliphatic carbocycles. The van der Waals surface area contributed by atoms with Gasteiger partial charge in [0.1, 0.15) is 12.4 Å². The van der Waals surface area contributed by atoms with Gasteiger partial charge in [0.2, 0.25) is 0 Å². The highest BCUT2D eigenvalue weighted by atomic mass is 16.3. The number of rotatable bonds is 4. The van der Waals surface area contributed by atoms with Gasteiger partial charge in [-0.25, -0.2) is 0 Å². The molecule has 0 amide bonds. The second-order valence-corrected chi connectivity index (χ2v) is 6.74. The summed E-state index contributed by atoms with van der Waals surface area (Å²) >= 11 is 0. The molecule has 1 fully saturated rings. The van der Waals surface area contributed by atoms with Crippen LogP contribution in [0.4, 0.5) is 0 Å². The number of hydrogen-bond acceptors (Lipinski definition) is 3. The molecule has 0 bridgehead atoms. The van der Waals surface area contributed by atoms with Crippen molar-refractivity contribution >= 4 is 0 Å². The fraction of sp³-hybridized carbons (Fsp3) is 0.867. The van der Waals surface area contributed by atoms with Crippen LogP contribution in [0.25, 0.3) is 0 Å². The fourth-order valence-corrected chi connectivity index (χ4v) is 3.20. The SMILES string of the molecule is CC(C)(C)n1c(CO)nnc1CCC1CCCCC1. The van der Waals surface area contributed by atoms with Gasteiger partial charge in [0.05, 0.1) is 0 Å². The maximum absolute atomic E-state index is 9.39. The number of aryl methyl sites for hydroxylation is 1. The molecule has 0 aliphatic heterocycles. The number of aromatic nitrogens is 3. The Balaban J connectivity index is 2.05. The lowest BCUT2D eigenvalue weighted by Gasteiger charge is -2.26. The first-order valence-corrected chi connectivity index (χ1v) is 7.57. The summed E-state index contributed by atoms with van der Waals surface area (Å²) in [4.78, 5) is 0. The first-order valence-electron chi connectivity index (χ1n) is 7.57. The second-order valence-electron chi connectivity index (χ2n) is 6.74. The van der Waals surface area contributed by atoms with Crippen molar-refractivity contribution in [2.45, 2.75) is 77.9 Å². The molecule has 0 unspecified atom stereocenters. The minimum absolute atomic E-state index is 0.0340. The van der Waals surface area contributed by atoms with Crippen LogP contribution in [0.5, 0.6) is 0 Å². The van der Waals surface area contributed by atoms with E-state index in [1.165, 1.54) is 38.5 Å². The summed E-state index contributed by atoms with van der Waals surface area (Å²) in [5, 5.41) is 17.8. The zero-order chi connectivity index (χ0) is 13.9. The second kappa shape index (κ2) is 6.04. The van der Waals surface area contributed by atoms with Crippen molar-refractivity contribution < 1.29 is 5.11 Å². The molecule has 1 N–H and O–H groups in total. The number of aliphatic hydroxyl groups is 1. The van der Waals surface area contributed by atoms with E-state index in [4.69, 9.17) is 0 Å². The average molecular weight is 265 g/mol. The van der Waals surface area contributed by atoms with Gasteiger partial charge in [-0.15, -0.1) is 10.2 Å². The molecule has 108 valence electrons. The molecule has 2 rings (SSSR count). The van der Waals surface area contributed by atoms with Gasteiger partial charge in [-0.05, 0) is 33.1 Å². The molecule has 0 radical (unpaired) electrons. The van der Waals surface area contributed by atoms with E-state index in [2.05, 4.69) is 35.5 Å². The molecule has 19 heavy (non-hydrogen) atoms. The Hall–Kier alpha value is -0.900. The largest absolute Gasteiger partial charge is 0.388 e. The molecule has 4 heteroatoms. The quantitative estimate of drug-likeness (QED) is 0.910. The molecular formula is C15H27N3O. The lowest BCUT2D eigenvalue weighted by atomic mass is 9.86. The first-order chi connectivity index (χ1) is 9.02. The lowest BCUT2D eigenvalue weighted by molar-refractivity contribution is 0.247. The zero-order valence-electron chi connectivity index (χ0n) is 12.5. The van der Waals surface area contributed by atoms with E-state index < -0.39 is 0 Å². The van der Waals surface area contributed by atoms with Gasteiger partial charge >= 0.3 is 0 Å². The van der Waals surface area contributed by atoms with Crippen molar-refractivity contribution in [3.05, 3.63) is 11.6 Å². The van der Waals surface area contributed by atoms with E-state index in [-0.39, 0.29) is 12.1 Å². The molecule has 0 atom stereocenters. The fourth-order valence-electron chi connectivity index (χ4n) is 3.20. The Kier molecular flexibility index (Phi) is 4.61. The molecule has 4 nitrogen and oxygen atoms in total. The molecular weight excluding hydrogens is 238 g/mol. The normalized spacial score (nSPS) is 17.9. The van der Waals surface area contributed by atoms with Gasteiger partial charge in [-0.1, -0.05) is 32.1 Å². The van der Waals surface area contributed by atoms with Crippen LogP contribution in [0, 0.1) is 5.92 Å². The van der Waals surface area contributed by atoms with Crippen molar-refractivity contribution in [2.75, 3.05) is 0 Å². The maximum atomic E-state index is 9.39. The highest BCUT2D eigenvalue weighted by Gasteiger charge is 2.23. The van der Waals surface area contributed by atoms with Gasteiger partial charge in [0.25, 0.3) is 0 Å². The van der Waals surface area contributed by atoms with E-state index in [1.807, 2.05) is 0 Å². The molecule has 1 heterocycles. The number of hydrogen-bond donors (Lipinski definition) is 1. The first kappa shape index (κ1) is 14.5. The summed E-state index contributed by atoms with van der Waals surface area (Å²) in [6.07, 6.45) is 9.11. The van der Waals surface area contributed by atoms with Crippen molar-refractivity contribution in [3.63, 3.8) is 0 Å². The number of aliphatic hydroxyl groups excluding tert-OH is 1. The molecule has 1 aromatic rings. The van der Waals surface area contributed by atoms with Crippen LogP contribution < -0.4 is 0 Å². The summed E-state index contributed by atoms with van der Waals surface area (Å²) in [7, 11) is 0. The minimum Gasteiger partial charge on any atom is -0.388 e. The molecule has 1 aliphatic rings.